The molecule has 0 aliphatic rings. The largest absolute Gasteiger partial charge is 0.478 e. The second-order valence-corrected chi connectivity index (χ2v) is 4.14. The number of aromatic nitrogens is 1. The van der Waals surface area contributed by atoms with Crippen LogP contribution in [0.4, 0.5) is 5.69 Å². The second kappa shape index (κ2) is 6.59. The normalized spacial score (nSPS) is 9.95. The third-order valence-electron chi connectivity index (χ3n) is 2.72. The van der Waals surface area contributed by atoms with Gasteiger partial charge >= 0.3 is 0 Å². The maximum Gasteiger partial charge on any atom is 0.213 e. The Morgan fingerprint density at radius 3 is 2.63 bits per heavy atom. The van der Waals surface area contributed by atoms with E-state index in [0.717, 1.165) is 16.8 Å². The fourth-order valence-electron chi connectivity index (χ4n) is 1.70. The molecule has 0 aliphatic heterocycles. The van der Waals surface area contributed by atoms with Crippen molar-refractivity contribution >= 4 is 11.3 Å². The zero-order valence-electron chi connectivity index (χ0n) is 11.1. The number of benzene rings is 1. The van der Waals surface area contributed by atoms with E-state index in [1.54, 1.807) is 6.20 Å². The SMILES string of the molecule is C=C(CNc1ccc(OCC)nc1)c1ccccc1. The van der Waals surface area contributed by atoms with Gasteiger partial charge in [0.25, 0.3) is 0 Å². The zero-order chi connectivity index (χ0) is 13.5. The van der Waals surface area contributed by atoms with Crippen LogP contribution in [-0.2, 0) is 0 Å². The smallest absolute Gasteiger partial charge is 0.213 e. The van der Waals surface area contributed by atoms with Crippen LogP contribution in [0.2, 0.25) is 0 Å². The Kier molecular flexibility index (Phi) is 4.56. The van der Waals surface area contributed by atoms with Gasteiger partial charge in [-0.3, -0.25) is 0 Å². The number of ether oxygens (including phenoxy) is 1. The first-order valence-corrected chi connectivity index (χ1v) is 6.35. The number of pyridine rings is 1. The van der Waals surface area contributed by atoms with Crippen molar-refractivity contribution in [3.05, 3.63) is 60.8 Å². The van der Waals surface area contributed by atoms with E-state index in [-0.39, 0.29) is 0 Å². The Balaban J connectivity index is 1.90. The Hall–Kier alpha value is -2.29. The van der Waals surface area contributed by atoms with Gasteiger partial charge in [0.15, 0.2) is 0 Å². The summed E-state index contributed by atoms with van der Waals surface area (Å²) in [4.78, 5) is 4.20. The number of nitrogens with one attached hydrogen (secondary N) is 1. The Bertz CT molecular complexity index is 520. The van der Waals surface area contributed by atoms with E-state index in [9.17, 15) is 0 Å². The maximum absolute atomic E-state index is 5.30. The van der Waals surface area contributed by atoms with Crippen molar-refractivity contribution in [2.24, 2.45) is 0 Å². The summed E-state index contributed by atoms with van der Waals surface area (Å²) < 4.78 is 5.30. The summed E-state index contributed by atoms with van der Waals surface area (Å²) in [6, 6.07) is 14.0. The average Bonchev–Trinajstić information content (AvgIpc) is 2.47. The second-order valence-electron chi connectivity index (χ2n) is 4.14. The van der Waals surface area contributed by atoms with E-state index in [1.165, 1.54) is 0 Å². The van der Waals surface area contributed by atoms with Gasteiger partial charge in [0.1, 0.15) is 0 Å². The average molecular weight is 254 g/mol. The molecular weight excluding hydrogens is 236 g/mol. The minimum absolute atomic E-state index is 0.630. The Morgan fingerprint density at radius 2 is 2.00 bits per heavy atom. The van der Waals surface area contributed by atoms with Crippen LogP contribution in [0.15, 0.2) is 55.2 Å². The number of nitrogens with zero attached hydrogens (tertiary/aromatic N) is 1. The van der Waals surface area contributed by atoms with Crippen molar-refractivity contribution in [1.82, 2.24) is 4.98 Å². The van der Waals surface area contributed by atoms with Gasteiger partial charge in [-0.1, -0.05) is 36.9 Å². The highest BCUT2D eigenvalue weighted by Gasteiger charge is 1.99. The van der Waals surface area contributed by atoms with Crippen molar-refractivity contribution in [3.8, 4) is 5.88 Å². The molecule has 0 fully saturated rings. The summed E-state index contributed by atoms with van der Waals surface area (Å²) in [6.45, 7) is 7.35. The molecule has 0 amide bonds. The summed E-state index contributed by atoms with van der Waals surface area (Å²) in [5.74, 6) is 0.648. The standard InChI is InChI=1S/C16H18N2O/c1-3-19-16-10-9-15(12-18-16)17-11-13(2)14-7-5-4-6-8-14/h4-10,12,17H,2-3,11H2,1H3. The Labute approximate surface area is 114 Å². The van der Waals surface area contributed by atoms with Crippen LogP contribution in [0, 0.1) is 0 Å². The zero-order valence-corrected chi connectivity index (χ0v) is 11.1. The predicted molar refractivity (Wildman–Crippen MR) is 79.4 cm³/mol. The summed E-state index contributed by atoms with van der Waals surface area (Å²) >= 11 is 0. The lowest BCUT2D eigenvalue weighted by atomic mass is 10.1. The van der Waals surface area contributed by atoms with Crippen LogP contribution in [0.5, 0.6) is 5.88 Å². The monoisotopic (exact) mass is 254 g/mol. The van der Waals surface area contributed by atoms with Crippen LogP contribution in [0.1, 0.15) is 12.5 Å². The van der Waals surface area contributed by atoms with Crippen LogP contribution in [0.3, 0.4) is 0 Å². The summed E-state index contributed by atoms with van der Waals surface area (Å²) in [7, 11) is 0. The highest BCUT2D eigenvalue weighted by molar-refractivity contribution is 5.67. The van der Waals surface area contributed by atoms with Crippen molar-refractivity contribution in [1.29, 1.82) is 0 Å². The first-order valence-electron chi connectivity index (χ1n) is 6.35. The molecular formula is C16H18N2O. The van der Waals surface area contributed by atoms with Gasteiger partial charge < -0.3 is 10.1 Å². The molecule has 3 heteroatoms. The van der Waals surface area contributed by atoms with E-state index in [1.807, 2.05) is 37.3 Å². The van der Waals surface area contributed by atoms with E-state index in [2.05, 4.69) is 29.0 Å². The quantitative estimate of drug-likeness (QED) is 0.855. The molecule has 0 radical (unpaired) electrons. The molecule has 1 N–H and O–H groups in total. The summed E-state index contributed by atoms with van der Waals surface area (Å²) in [6.07, 6.45) is 1.77. The van der Waals surface area contributed by atoms with E-state index in [4.69, 9.17) is 4.74 Å². The number of anilines is 1. The lowest BCUT2D eigenvalue weighted by molar-refractivity contribution is 0.327. The highest BCUT2D eigenvalue weighted by atomic mass is 16.5. The van der Waals surface area contributed by atoms with Crippen LogP contribution in [-0.4, -0.2) is 18.1 Å². The van der Waals surface area contributed by atoms with E-state index < -0.39 is 0 Å². The Morgan fingerprint density at radius 1 is 1.21 bits per heavy atom. The summed E-state index contributed by atoms with van der Waals surface area (Å²) in [5, 5.41) is 3.29. The molecule has 0 bridgehead atoms. The highest BCUT2D eigenvalue weighted by Crippen LogP contribution is 2.15. The summed E-state index contributed by atoms with van der Waals surface area (Å²) in [5.41, 5.74) is 3.16. The third kappa shape index (κ3) is 3.85. The van der Waals surface area contributed by atoms with Crippen LogP contribution in [0.25, 0.3) is 5.57 Å². The van der Waals surface area contributed by atoms with Gasteiger partial charge in [-0.15, -0.1) is 0 Å². The molecule has 0 unspecified atom stereocenters. The molecule has 3 nitrogen and oxygen atoms in total. The van der Waals surface area contributed by atoms with E-state index >= 15 is 0 Å². The fourth-order valence-corrected chi connectivity index (χ4v) is 1.70. The molecule has 1 heterocycles. The van der Waals surface area contributed by atoms with Crippen molar-refractivity contribution in [2.75, 3.05) is 18.5 Å². The number of hydrogen-bond acceptors (Lipinski definition) is 3. The molecule has 1 aromatic heterocycles. The minimum atomic E-state index is 0.630. The van der Waals surface area contributed by atoms with Gasteiger partial charge in [0.05, 0.1) is 18.5 Å². The van der Waals surface area contributed by atoms with E-state index in [0.29, 0.717) is 19.0 Å². The van der Waals surface area contributed by atoms with Crippen LogP contribution < -0.4 is 10.1 Å². The van der Waals surface area contributed by atoms with Gasteiger partial charge in [0, 0.05) is 12.6 Å². The minimum Gasteiger partial charge on any atom is -0.478 e. The van der Waals surface area contributed by atoms with Crippen molar-refractivity contribution < 1.29 is 4.74 Å². The fraction of sp³-hybridized carbons (Fsp3) is 0.188. The molecule has 0 atom stereocenters. The van der Waals surface area contributed by atoms with Gasteiger partial charge in [-0.25, -0.2) is 4.98 Å². The predicted octanol–water partition coefficient (Wildman–Crippen LogP) is 3.61. The first-order chi connectivity index (χ1) is 9.29. The van der Waals surface area contributed by atoms with Gasteiger partial charge in [-0.05, 0) is 24.1 Å². The lowest BCUT2D eigenvalue weighted by Crippen LogP contribution is -2.04. The molecule has 0 saturated carbocycles. The third-order valence-corrected chi connectivity index (χ3v) is 2.72. The molecule has 19 heavy (non-hydrogen) atoms. The molecule has 2 aromatic rings. The molecule has 0 spiro atoms. The molecule has 0 aliphatic carbocycles. The van der Waals surface area contributed by atoms with Crippen molar-refractivity contribution in [2.45, 2.75) is 6.92 Å². The topological polar surface area (TPSA) is 34.1 Å². The molecule has 0 saturated heterocycles. The van der Waals surface area contributed by atoms with Gasteiger partial charge in [-0.2, -0.15) is 0 Å². The number of hydrogen-bond donors (Lipinski definition) is 1. The lowest BCUT2D eigenvalue weighted by Gasteiger charge is -2.09. The van der Waals surface area contributed by atoms with Crippen molar-refractivity contribution in [3.63, 3.8) is 0 Å². The first kappa shape index (κ1) is 13.1. The maximum atomic E-state index is 5.30. The molecule has 98 valence electrons. The molecule has 1 aromatic carbocycles. The van der Waals surface area contributed by atoms with Crippen LogP contribution >= 0.6 is 0 Å². The number of rotatable bonds is 6. The van der Waals surface area contributed by atoms with Gasteiger partial charge in [0.2, 0.25) is 5.88 Å². The molecule has 2 rings (SSSR count).